The molecule has 1 aromatic carbocycles. The van der Waals surface area contributed by atoms with E-state index in [9.17, 15) is 4.79 Å². The normalized spacial score (nSPS) is 19.3. The van der Waals surface area contributed by atoms with Crippen molar-refractivity contribution in [2.75, 3.05) is 24.3 Å². The Labute approximate surface area is 114 Å². The van der Waals surface area contributed by atoms with E-state index in [0.717, 1.165) is 31.5 Å². The molecule has 0 aliphatic carbocycles. The second-order valence-corrected chi connectivity index (χ2v) is 4.99. The zero-order valence-electron chi connectivity index (χ0n) is 11.7. The molecule has 0 aromatic heterocycles. The van der Waals surface area contributed by atoms with Gasteiger partial charge >= 0.3 is 5.97 Å². The van der Waals surface area contributed by atoms with Gasteiger partial charge in [-0.05, 0) is 37.8 Å². The van der Waals surface area contributed by atoms with Crippen LogP contribution in [0, 0.1) is 0 Å². The van der Waals surface area contributed by atoms with Crippen LogP contribution in [0.5, 0.6) is 0 Å². The molecule has 1 aliphatic rings. The van der Waals surface area contributed by atoms with Gasteiger partial charge in [0.05, 0.1) is 24.0 Å². The van der Waals surface area contributed by atoms with Crippen molar-refractivity contribution in [3.8, 4) is 0 Å². The number of rotatable bonds is 3. The molecule has 2 rings (SSSR count). The second-order valence-electron chi connectivity index (χ2n) is 4.99. The van der Waals surface area contributed by atoms with Crippen molar-refractivity contribution in [1.82, 2.24) is 0 Å². The fourth-order valence-electron chi connectivity index (χ4n) is 2.88. The summed E-state index contributed by atoms with van der Waals surface area (Å²) in [5.74, 6) is -0.317. The number of anilines is 2. The zero-order valence-corrected chi connectivity index (χ0v) is 11.7. The molecule has 1 atom stereocenters. The lowest BCUT2D eigenvalue weighted by molar-refractivity contribution is 0.0601. The van der Waals surface area contributed by atoms with E-state index in [1.54, 1.807) is 12.1 Å². The Morgan fingerprint density at radius 2 is 2.26 bits per heavy atom. The Bertz CT molecular complexity index is 459. The summed E-state index contributed by atoms with van der Waals surface area (Å²) in [6.45, 7) is 3.14. The van der Waals surface area contributed by atoms with Crippen molar-refractivity contribution in [3.63, 3.8) is 0 Å². The van der Waals surface area contributed by atoms with Crippen LogP contribution >= 0.6 is 0 Å². The van der Waals surface area contributed by atoms with E-state index in [1.807, 2.05) is 6.07 Å². The number of benzene rings is 1. The molecule has 0 saturated carbocycles. The molecule has 1 aromatic rings. The highest BCUT2D eigenvalue weighted by atomic mass is 16.5. The summed E-state index contributed by atoms with van der Waals surface area (Å²) in [5, 5.41) is 0. The minimum Gasteiger partial charge on any atom is -0.465 e. The summed E-state index contributed by atoms with van der Waals surface area (Å²) in [5.41, 5.74) is 8.19. The van der Waals surface area contributed by atoms with Gasteiger partial charge < -0.3 is 15.4 Å². The number of piperidine rings is 1. The Morgan fingerprint density at radius 3 is 2.95 bits per heavy atom. The van der Waals surface area contributed by atoms with Gasteiger partial charge in [-0.25, -0.2) is 4.79 Å². The minimum absolute atomic E-state index is 0.317. The first-order valence-corrected chi connectivity index (χ1v) is 6.92. The quantitative estimate of drug-likeness (QED) is 0.672. The van der Waals surface area contributed by atoms with Gasteiger partial charge in [-0.15, -0.1) is 0 Å². The van der Waals surface area contributed by atoms with Crippen LogP contribution < -0.4 is 10.6 Å². The van der Waals surface area contributed by atoms with Gasteiger partial charge in [0.25, 0.3) is 0 Å². The zero-order chi connectivity index (χ0) is 13.8. The average Bonchev–Trinajstić information content (AvgIpc) is 2.46. The molecule has 0 amide bonds. The van der Waals surface area contributed by atoms with Gasteiger partial charge in [-0.3, -0.25) is 0 Å². The van der Waals surface area contributed by atoms with E-state index in [0.29, 0.717) is 17.3 Å². The van der Waals surface area contributed by atoms with Crippen LogP contribution in [0.3, 0.4) is 0 Å². The minimum atomic E-state index is -0.317. The molecule has 1 fully saturated rings. The highest BCUT2D eigenvalue weighted by molar-refractivity contribution is 5.99. The van der Waals surface area contributed by atoms with Crippen LogP contribution in [0.15, 0.2) is 18.2 Å². The van der Waals surface area contributed by atoms with Crippen molar-refractivity contribution in [2.45, 2.75) is 38.6 Å². The predicted molar refractivity (Wildman–Crippen MR) is 77.5 cm³/mol. The third kappa shape index (κ3) is 2.67. The number of nitrogen functional groups attached to an aromatic ring is 1. The molecule has 104 valence electrons. The number of carbonyl (C=O) groups excluding carboxylic acids is 1. The summed E-state index contributed by atoms with van der Waals surface area (Å²) in [7, 11) is 1.41. The van der Waals surface area contributed by atoms with E-state index < -0.39 is 0 Å². The lowest BCUT2D eigenvalue weighted by Gasteiger charge is -2.38. The Balaban J connectivity index is 2.44. The Kier molecular flexibility index (Phi) is 4.30. The molecule has 1 saturated heterocycles. The molecule has 2 N–H and O–H groups in total. The molecule has 1 aliphatic heterocycles. The van der Waals surface area contributed by atoms with Crippen LogP contribution in [0.4, 0.5) is 11.4 Å². The van der Waals surface area contributed by atoms with E-state index in [1.165, 1.54) is 13.5 Å². The van der Waals surface area contributed by atoms with Crippen LogP contribution in [0.25, 0.3) is 0 Å². The predicted octanol–water partition coefficient (Wildman–Crippen LogP) is 2.82. The van der Waals surface area contributed by atoms with Gasteiger partial charge in [0.1, 0.15) is 0 Å². The van der Waals surface area contributed by atoms with E-state index in [-0.39, 0.29) is 5.97 Å². The number of methoxy groups -OCH3 is 1. The van der Waals surface area contributed by atoms with Crippen molar-refractivity contribution >= 4 is 17.3 Å². The molecule has 0 radical (unpaired) electrons. The van der Waals surface area contributed by atoms with Crippen LogP contribution in [-0.4, -0.2) is 25.7 Å². The van der Waals surface area contributed by atoms with Gasteiger partial charge in [0.2, 0.25) is 0 Å². The van der Waals surface area contributed by atoms with Crippen molar-refractivity contribution in [3.05, 3.63) is 23.8 Å². The third-order valence-corrected chi connectivity index (χ3v) is 3.86. The smallest absolute Gasteiger partial charge is 0.340 e. The number of nitrogens with zero attached hydrogens (tertiary/aromatic N) is 1. The first-order valence-electron chi connectivity index (χ1n) is 6.92. The second kappa shape index (κ2) is 5.95. The lowest BCUT2D eigenvalue weighted by atomic mass is 9.97. The standard InChI is InChI=1S/C15H22N2O2/c1-3-11-7-4-5-10-17(11)14-12(15(18)19-2)8-6-9-13(14)16/h6,8-9,11H,3-5,7,10,16H2,1-2H3. The number of para-hydroxylation sites is 1. The maximum atomic E-state index is 11.9. The molecule has 0 spiro atoms. The summed E-state index contributed by atoms with van der Waals surface area (Å²) >= 11 is 0. The monoisotopic (exact) mass is 262 g/mol. The molecular weight excluding hydrogens is 240 g/mol. The summed E-state index contributed by atoms with van der Waals surface area (Å²) in [6.07, 6.45) is 4.61. The van der Waals surface area contributed by atoms with Gasteiger partial charge in [0.15, 0.2) is 0 Å². The van der Waals surface area contributed by atoms with E-state index >= 15 is 0 Å². The van der Waals surface area contributed by atoms with Gasteiger partial charge in [0, 0.05) is 12.6 Å². The Hall–Kier alpha value is -1.71. The molecule has 1 unspecified atom stereocenters. The van der Waals surface area contributed by atoms with Crippen LogP contribution in [0.1, 0.15) is 43.0 Å². The lowest BCUT2D eigenvalue weighted by Crippen LogP contribution is -2.40. The number of carbonyl (C=O) groups is 1. The molecular formula is C15H22N2O2. The van der Waals surface area contributed by atoms with Crippen molar-refractivity contribution < 1.29 is 9.53 Å². The molecule has 19 heavy (non-hydrogen) atoms. The SMILES string of the molecule is CCC1CCCCN1c1c(N)cccc1C(=O)OC. The number of nitrogens with two attached hydrogens (primary N) is 1. The van der Waals surface area contributed by atoms with Gasteiger partial charge in [-0.2, -0.15) is 0 Å². The first kappa shape index (κ1) is 13.7. The summed E-state index contributed by atoms with van der Waals surface area (Å²) in [6, 6.07) is 5.90. The number of hydrogen-bond acceptors (Lipinski definition) is 4. The molecule has 0 bridgehead atoms. The summed E-state index contributed by atoms with van der Waals surface area (Å²) in [4.78, 5) is 14.2. The number of esters is 1. The van der Waals surface area contributed by atoms with Crippen LogP contribution in [0.2, 0.25) is 0 Å². The molecule has 4 heteroatoms. The fourth-order valence-corrected chi connectivity index (χ4v) is 2.88. The maximum absolute atomic E-state index is 11.9. The largest absolute Gasteiger partial charge is 0.465 e. The maximum Gasteiger partial charge on any atom is 0.340 e. The van der Waals surface area contributed by atoms with Crippen molar-refractivity contribution in [2.24, 2.45) is 0 Å². The van der Waals surface area contributed by atoms with Crippen molar-refractivity contribution in [1.29, 1.82) is 0 Å². The highest BCUT2D eigenvalue weighted by Crippen LogP contribution is 2.34. The topological polar surface area (TPSA) is 55.6 Å². The van der Waals surface area contributed by atoms with E-state index in [2.05, 4.69) is 11.8 Å². The molecule has 4 nitrogen and oxygen atoms in total. The highest BCUT2D eigenvalue weighted by Gasteiger charge is 2.26. The van der Waals surface area contributed by atoms with Crippen LogP contribution in [-0.2, 0) is 4.74 Å². The van der Waals surface area contributed by atoms with Gasteiger partial charge in [-0.1, -0.05) is 13.0 Å². The first-order chi connectivity index (χ1) is 9.19. The van der Waals surface area contributed by atoms with E-state index in [4.69, 9.17) is 10.5 Å². The Morgan fingerprint density at radius 1 is 1.47 bits per heavy atom. The summed E-state index contributed by atoms with van der Waals surface area (Å²) < 4.78 is 4.87. The fraction of sp³-hybridized carbons (Fsp3) is 0.533. The third-order valence-electron chi connectivity index (χ3n) is 3.86. The molecule has 1 heterocycles. The number of hydrogen-bond donors (Lipinski definition) is 1. The average molecular weight is 262 g/mol. The number of ether oxygens (including phenoxy) is 1.